The Hall–Kier alpha value is -1.74. The first-order chi connectivity index (χ1) is 9.20. The predicted molar refractivity (Wildman–Crippen MR) is 76.3 cm³/mol. The summed E-state index contributed by atoms with van der Waals surface area (Å²) in [6.45, 7) is 4.78. The van der Waals surface area contributed by atoms with Crippen molar-refractivity contribution in [3.63, 3.8) is 0 Å². The zero-order valence-electron chi connectivity index (χ0n) is 11.5. The minimum Gasteiger partial charge on any atom is -0.330 e. The second-order valence-electron chi connectivity index (χ2n) is 5.23. The third kappa shape index (κ3) is 2.04. The van der Waals surface area contributed by atoms with Crippen LogP contribution in [0.5, 0.6) is 0 Å². The van der Waals surface area contributed by atoms with E-state index in [4.69, 9.17) is 15.7 Å². The van der Waals surface area contributed by atoms with Crippen molar-refractivity contribution in [3.8, 4) is 0 Å². The Morgan fingerprint density at radius 2 is 1.84 bits per heavy atom. The van der Waals surface area contributed by atoms with Crippen molar-refractivity contribution in [3.05, 3.63) is 58.2 Å². The summed E-state index contributed by atoms with van der Waals surface area (Å²) in [5, 5.41) is 0. The lowest BCUT2D eigenvalue weighted by Crippen LogP contribution is -2.22. The van der Waals surface area contributed by atoms with Gasteiger partial charge in [0.15, 0.2) is 0 Å². The molecule has 2 N–H and O–H groups in total. The normalized spacial score (nSPS) is 16.9. The van der Waals surface area contributed by atoms with Gasteiger partial charge in [-0.1, -0.05) is 24.3 Å². The van der Waals surface area contributed by atoms with E-state index in [0.717, 1.165) is 30.1 Å². The monoisotopic (exact) mass is 253 g/mol. The van der Waals surface area contributed by atoms with Crippen LogP contribution in [0.2, 0.25) is 0 Å². The van der Waals surface area contributed by atoms with Gasteiger partial charge in [0, 0.05) is 17.3 Å². The number of hydrogen-bond acceptors (Lipinski definition) is 3. The van der Waals surface area contributed by atoms with E-state index in [0.29, 0.717) is 12.5 Å². The molecule has 3 rings (SSSR count). The number of rotatable bonds is 3. The summed E-state index contributed by atoms with van der Waals surface area (Å²) >= 11 is 0. The van der Waals surface area contributed by atoms with E-state index < -0.39 is 0 Å². The number of benzene rings is 1. The highest BCUT2D eigenvalue weighted by molar-refractivity contribution is 5.44. The topological polar surface area (TPSA) is 51.8 Å². The van der Waals surface area contributed by atoms with Crippen LogP contribution in [0.3, 0.4) is 0 Å². The summed E-state index contributed by atoms with van der Waals surface area (Å²) < 4.78 is 0. The van der Waals surface area contributed by atoms with Crippen molar-refractivity contribution in [2.45, 2.75) is 32.6 Å². The van der Waals surface area contributed by atoms with Gasteiger partial charge in [-0.2, -0.15) is 0 Å². The van der Waals surface area contributed by atoms with Crippen molar-refractivity contribution in [1.82, 2.24) is 9.97 Å². The Morgan fingerprint density at radius 1 is 1.16 bits per heavy atom. The standard InChI is InChI=1S/C16H19N3/c1-10-13(7-8-17)11(2)19-16(18-10)15-9-12-5-3-4-6-14(12)15/h3-6,15H,7-9,17H2,1-2H3. The molecule has 0 radical (unpaired) electrons. The molecule has 1 unspecified atom stereocenters. The third-order valence-corrected chi connectivity index (χ3v) is 4.00. The molecular weight excluding hydrogens is 234 g/mol. The molecule has 3 nitrogen and oxygen atoms in total. The highest BCUT2D eigenvalue weighted by atomic mass is 14.9. The number of nitrogens with zero attached hydrogens (tertiary/aromatic N) is 2. The first-order valence-corrected chi connectivity index (χ1v) is 6.82. The van der Waals surface area contributed by atoms with E-state index >= 15 is 0 Å². The molecular formula is C16H19N3. The maximum Gasteiger partial charge on any atom is 0.136 e. The molecule has 0 amide bonds. The molecule has 2 aromatic rings. The SMILES string of the molecule is Cc1nc(C2Cc3ccccc32)nc(C)c1CCN. The summed E-state index contributed by atoms with van der Waals surface area (Å²) in [4.78, 5) is 9.41. The number of nitrogens with two attached hydrogens (primary N) is 1. The van der Waals surface area contributed by atoms with Gasteiger partial charge in [0.2, 0.25) is 0 Å². The van der Waals surface area contributed by atoms with Gasteiger partial charge in [-0.25, -0.2) is 9.97 Å². The van der Waals surface area contributed by atoms with Crippen molar-refractivity contribution >= 4 is 0 Å². The van der Waals surface area contributed by atoms with Crippen molar-refractivity contribution in [1.29, 1.82) is 0 Å². The molecule has 0 bridgehead atoms. The van der Waals surface area contributed by atoms with Crippen LogP contribution in [0.15, 0.2) is 24.3 Å². The second-order valence-corrected chi connectivity index (χ2v) is 5.23. The van der Waals surface area contributed by atoms with Gasteiger partial charge in [0.25, 0.3) is 0 Å². The van der Waals surface area contributed by atoms with Gasteiger partial charge in [0.1, 0.15) is 5.82 Å². The molecule has 1 heterocycles. The van der Waals surface area contributed by atoms with E-state index in [9.17, 15) is 0 Å². The Kier molecular flexibility index (Phi) is 3.07. The van der Waals surface area contributed by atoms with Crippen LogP contribution >= 0.6 is 0 Å². The number of aryl methyl sites for hydroxylation is 2. The van der Waals surface area contributed by atoms with Crippen LogP contribution in [0.4, 0.5) is 0 Å². The molecule has 1 aliphatic carbocycles. The fraction of sp³-hybridized carbons (Fsp3) is 0.375. The molecule has 98 valence electrons. The van der Waals surface area contributed by atoms with Crippen LogP contribution in [-0.2, 0) is 12.8 Å². The average Bonchev–Trinajstić information content (AvgIpc) is 2.35. The minimum atomic E-state index is 0.375. The van der Waals surface area contributed by atoms with Gasteiger partial charge >= 0.3 is 0 Å². The molecule has 1 aromatic carbocycles. The van der Waals surface area contributed by atoms with Crippen molar-refractivity contribution in [2.24, 2.45) is 5.73 Å². The highest BCUT2D eigenvalue weighted by Gasteiger charge is 2.29. The van der Waals surface area contributed by atoms with Crippen LogP contribution in [0.1, 0.15) is 39.8 Å². The molecule has 0 fully saturated rings. The van der Waals surface area contributed by atoms with Crippen LogP contribution in [0, 0.1) is 13.8 Å². The zero-order valence-corrected chi connectivity index (χ0v) is 11.5. The fourth-order valence-corrected chi connectivity index (χ4v) is 2.92. The molecule has 1 aliphatic rings. The Balaban J connectivity index is 1.96. The highest BCUT2D eigenvalue weighted by Crippen LogP contribution is 2.38. The summed E-state index contributed by atoms with van der Waals surface area (Å²) in [6, 6.07) is 8.56. The Morgan fingerprint density at radius 3 is 2.47 bits per heavy atom. The van der Waals surface area contributed by atoms with Gasteiger partial charge in [-0.05, 0) is 49.9 Å². The largest absolute Gasteiger partial charge is 0.330 e. The van der Waals surface area contributed by atoms with E-state index in [2.05, 4.69) is 38.1 Å². The van der Waals surface area contributed by atoms with E-state index in [1.54, 1.807) is 0 Å². The Bertz CT molecular complexity index is 596. The van der Waals surface area contributed by atoms with E-state index in [-0.39, 0.29) is 0 Å². The fourth-order valence-electron chi connectivity index (χ4n) is 2.92. The van der Waals surface area contributed by atoms with Gasteiger partial charge in [0.05, 0.1) is 0 Å². The Labute approximate surface area is 113 Å². The summed E-state index contributed by atoms with van der Waals surface area (Å²) in [7, 11) is 0. The lowest BCUT2D eigenvalue weighted by molar-refractivity contribution is 0.649. The van der Waals surface area contributed by atoms with Crippen molar-refractivity contribution in [2.75, 3.05) is 6.54 Å². The summed E-state index contributed by atoms with van der Waals surface area (Å²) in [6.07, 6.45) is 1.92. The summed E-state index contributed by atoms with van der Waals surface area (Å²) in [5.74, 6) is 1.34. The minimum absolute atomic E-state index is 0.375. The molecule has 1 aromatic heterocycles. The number of fused-ring (bicyclic) bond motifs is 1. The molecule has 0 aliphatic heterocycles. The van der Waals surface area contributed by atoms with Gasteiger partial charge in [-0.3, -0.25) is 0 Å². The van der Waals surface area contributed by atoms with Crippen molar-refractivity contribution < 1.29 is 0 Å². The molecule has 19 heavy (non-hydrogen) atoms. The second kappa shape index (κ2) is 4.74. The van der Waals surface area contributed by atoms with Gasteiger partial charge in [-0.15, -0.1) is 0 Å². The quantitative estimate of drug-likeness (QED) is 0.913. The maximum absolute atomic E-state index is 5.64. The van der Waals surface area contributed by atoms with Gasteiger partial charge < -0.3 is 5.73 Å². The smallest absolute Gasteiger partial charge is 0.136 e. The molecule has 1 atom stereocenters. The average molecular weight is 253 g/mol. The zero-order chi connectivity index (χ0) is 13.4. The maximum atomic E-state index is 5.64. The van der Waals surface area contributed by atoms with E-state index in [1.807, 2.05) is 0 Å². The van der Waals surface area contributed by atoms with Crippen LogP contribution < -0.4 is 5.73 Å². The molecule has 0 saturated carbocycles. The molecule has 3 heteroatoms. The third-order valence-electron chi connectivity index (χ3n) is 4.00. The molecule has 0 saturated heterocycles. The first kappa shape index (κ1) is 12.3. The summed E-state index contributed by atoms with van der Waals surface area (Å²) in [5.41, 5.74) is 11.8. The first-order valence-electron chi connectivity index (χ1n) is 6.82. The van der Waals surface area contributed by atoms with Crippen LogP contribution in [-0.4, -0.2) is 16.5 Å². The lowest BCUT2D eigenvalue weighted by atomic mass is 9.77. The van der Waals surface area contributed by atoms with Crippen LogP contribution in [0.25, 0.3) is 0 Å². The number of hydrogen-bond donors (Lipinski definition) is 1. The molecule has 0 spiro atoms. The predicted octanol–water partition coefficient (Wildman–Crippen LogP) is 2.28. The lowest BCUT2D eigenvalue weighted by Gasteiger charge is -2.29. The van der Waals surface area contributed by atoms with E-state index in [1.165, 1.54) is 16.7 Å². The number of aromatic nitrogens is 2.